The Morgan fingerprint density at radius 2 is 1.93 bits per heavy atom. The Labute approximate surface area is 174 Å². The van der Waals surface area contributed by atoms with Gasteiger partial charge in [-0.15, -0.1) is 0 Å². The Morgan fingerprint density at radius 1 is 1.14 bits per heavy atom. The molecule has 0 saturated heterocycles. The van der Waals surface area contributed by atoms with Gasteiger partial charge in [0.05, 0.1) is 22.5 Å². The third-order valence-corrected chi connectivity index (χ3v) is 4.86. The maximum Gasteiger partial charge on any atom is 0.259 e. The van der Waals surface area contributed by atoms with Crippen LogP contribution in [0.1, 0.15) is 44.0 Å². The van der Waals surface area contributed by atoms with E-state index in [9.17, 15) is 4.79 Å². The van der Waals surface area contributed by atoms with Crippen molar-refractivity contribution in [2.75, 3.05) is 6.61 Å². The molecule has 3 aromatic rings. The van der Waals surface area contributed by atoms with Crippen molar-refractivity contribution in [1.82, 2.24) is 9.97 Å². The lowest BCUT2D eigenvalue weighted by atomic mass is 10.2. The molecular weight excluding hydrogens is 395 g/mol. The van der Waals surface area contributed by atoms with Crippen molar-refractivity contribution < 1.29 is 4.74 Å². The third kappa shape index (κ3) is 5.37. The summed E-state index contributed by atoms with van der Waals surface area (Å²) >= 11 is 12.4. The molecule has 1 aromatic heterocycles. The van der Waals surface area contributed by atoms with Crippen molar-refractivity contribution in [2.24, 2.45) is 0 Å². The Balaban J connectivity index is 1.72. The van der Waals surface area contributed by atoms with Crippen LogP contribution in [0, 0.1) is 0 Å². The van der Waals surface area contributed by atoms with Gasteiger partial charge in [0.15, 0.2) is 5.82 Å². The van der Waals surface area contributed by atoms with Crippen molar-refractivity contribution in [3.05, 3.63) is 69.2 Å². The lowest BCUT2D eigenvalue weighted by Gasteiger charge is -2.06. The SMILES string of the molecule is CCCCCCOc1ccc(/C=C(\Cl)c2nc3cc(Cl)ccc3c(=O)[nH]2)cc1. The predicted octanol–water partition coefficient (Wildman–Crippen LogP) is 6.27. The third-order valence-electron chi connectivity index (χ3n) is 4.33. The number of benzene rings is 2. The molecule has 4 nitrogen and oxygen atoms in total. The first-order chi connectivity index (χ1) is 13.6. The lowest BCUT2D eigenvalue weighted by Crippen LogP contribution is -2.10. The number of aromatic nitrogens is 2. The summed E-state index contributed by atoms with van der Waals surface area (Å²) in [5.74, 6) is 1.13. The summed E-state index contributed by atoms with van der Waals surface area (Å²) < 4.78 is 5.75. The van der Waals surface area contributed by atoms with Crippen LogP contribution in [-0.4, -0.2) is 16.6 Å². The van der Waals surface area contributed by atoms with E-state index >= 15 is 0 Å². The topological polar surface area (TPSA) is 55.0 Å². The fourth-order valence-electron chi connectivity index (χ4n) is 2.82. The first kappa shape index (κ1) is 20.4. The molecule has 1 N–H and O–H groups in total. The largest absolute Gasteiger partial charge is 0.494 e. The molecule has 146 valence electrons. The van der Waals surface area contributed by atoms with E-state index in [1.54, 1.807) is 24.3 Å². The molecule has 0 atom stereocenters. The van der Waals surface area contributed by atoms with Crippen molar-refractivity contribution in [3.8, 4) is 5.75 Å². The second-order valence-electron chi connectivity index (χ2n) is 6.55. The van der Waals surface area contributed by atoms with Gasteiger partial charge in [-0.2, -0.15) is 0 Å². The molecule has 28 heavy (non-hydrogen) atoms. The zero-order valence-corrected chi connectivity index (χ0v) is 17.2. The summed E-state index contributed by atoms with van der Waals surface area (Å²) in [4.78, 5) is 19.4. The number of nitrogens with zero attached hydrogens (tertiary/aromatic N) is 1. The van der Waals surface area contributed by atoms with Gasteiger partial charge in [-0.1, -0.05) is 61.5 Å². The molecule has 0 amide bonds. The van der Waals surface area contributed by atoms with E-state index in [2.05, 4.69) is 16.9 Å². The van der Waals surface area contributed by atoms with Crippen LogP contribution >= 0.6 is 23.2 Å². The van der Waals surface area contributed by atoms with Gasteiger partial charge in [0.25, 0.3) is 5.56 Å². The Kier molecular flexibility index (Phi) is 7.12. The quantitative estimate of drug-likeness (QED) is 0.440. The molecule has 0 aliphatic rings. The van der Waals surface area contributed by atoms with E-state index < -0.39 is 0 Å². The highest BCUT2D eigenvalue weighted by molar-refractivity contribution is 6.50. The van der Waals surface area contributed by atoms with Crippen molar-refractivity contribution in [3.63, 3.8) is 0 Å². The molecule has 3 rings (SSSR count). The molecule has 0 spiro atoms. The van der Waals surface area contributed by atoms with Crippen LogP contribution in [-0.2, 0) is 0 Å². The zero-order chi connectivity index (χ0) is 19.9. The molecule has 0 bridgehead atoms. The fourth-order valence-corrected chi connectivity index (χ4v) is 3.20. The van der Waals surface area contributed by atoms with Crippen LogP contribution in [0.2, 0.25) is 5.02 Å². The van der Waals surface area contributed by atoms with Gasteiger partial charge in [0.2, 0.25) is 0 Å². The van der Waals surface area contributed by atoms with Crippen LogP contribution in [0.15, 0.2) is 47.3 Å². The second kappa shape index (κ2) is 9.76. The number of H-pyrrole nitrogens is 1. The average Bonchev–Trinajstić information content (AvgIpc) is 2.68. The Hall–Kier alpha value is -2.30. The maximum absolute atomic E-state index is 12.2. The average molecular weight is 417 g/mol. The fraction of sp³-hybridized carbons (Fsp3) is 0.273. The smallest absolute Gasteiger partial charge is 0.259 e. The molecule has 0 fully saturated rings. The highest BCUT2D eigenvalue weighted by Crippen LogP contribution is 2.22. The predicted molar refractivity (Wildman–Crippen MR) is 117 cm³/mol. The van der Waals surface area contributed by atoms with E-state index in [-0.39, 0.29) is 5.56 Å². The number of fused-ring (bicyclic) bond motifs is 1. The molecule has 1 heterocycles. The van der Waals surface area contributed by atoms with Gasteiger partial charge in [0.1, 0.15) is 5.75 Å². The number of unbranched alkanes of at least 4 members (excludes halogenated alkanes) is 3. The molecule has 0 radical (unpaired) electrons. The van der Waals surface area contributed by atoms with Crippen LogP contribution in [0.25, 0.3) is 22.0 Å². The summed E-state index contributed by atoms with van der Waals surface area (Å²) in [5, 5.41) is 1.33. The minimum Gasteiger partial charge on any atom is -0.494 e. The van der Waals surface area contributed by atoms with Gasteiger partial charge < -0.3 is 9.72 Å². The van der Waals surface area contributed by atoms with Gasteiger partial charge in [-0.25, -0.2) is 4.98 Å². The van der Waals surface area contributed by atoms with Gasteiger partial charge in [-0.3, -0.25) is 4.79 Å². The number of hydrogen-bond acceptors (Lipinski definition) is 3. The van der Waals surface area contributed by atoms with Crippen LogP contribution < -0.4 is 10.3 Å². The number of hydrogen-bond donors (Lipinski definition) is 1. The minimum absolute atomic E-state index is 0.255. The maximum atomic E-state index is 12.2. The number of ether oxygens (including phenoxy) is 1. The number of aromatic amines is 1. The molecule has 0 saturated carbocycles. The second-order valence-corrected chi connectivity index (χ2v) is 7.39. The molecule has 2 aromatic carbocycles. The Bertz CT molecular complexity index is 1030. The van der Waals surface area contributed by atoms with E-state index in [0.29, 0.717) is 26.8 Å². The first-order valence-corrected chi connectivity index (χ1v) is 10.1. The van der Waals surface area contributed by atoms with E-state index in [1.165, 1.54) is 19.3 Å². The van der Waals surface area contributed by atoms with Crippen LogP contribution in [0.5, 0.6) is 5.75 Å². The number of rotatable bonds is 8. The summed E-state index contributed by atoms with van der Waals surface area (Å²) in [7, 11) is 0. The van der Waals surface area contributed by atoms with Crippen molar-refractivity contribution in [1.29, 1.82) is 0 Å². The van der Waals surface area contributed by atoms with E-state index in [0.717, 1.165) is 24.3 Å². The molecule has 0 aliphatic heterocycles. The highest BCUT2D eigenvalue weighted by atomic mass is 35.5. The van der Waals surface area contributed by atoms with Crippen LogP contribution in [0.3, 0.4) is 0 Å². The lowest BCUT2D eigenvalue weighted by molar-refractivity contribution is 0.305. The van der Waals surface area contributed by atoms with Crippen molar-refractivity contribution in [2.45, 2.75) is 32.6 Å². The normalized spacial score (nSPS) is 11.8. The van der Waals surface area contributed by atoms with Gasteiger partial charge >= 0.3 is 0 Å². The summed E-state index contributed by atoms with van der Waals surface area (Å²) in [6.45, 7) is 2.91. The Morgan fingerprint density at radius 3 is 2.68 bits per heavy atom. The summed E-state index contributed by atoms with van der Waals surface area (Å²) in [5.41, 5.74) is 1.14. The molecular formula is C22H22Cl2N2O2. The van der Waals surface area contributed by atoms with Gasteiger partial charge in [-0.05, 0) is 48.4 Å². The molecule has 0 unspecified atom stereocenters. The number of halogens is 2. The molecule has 6 heteroatoms. The van der Waals surface area contributed by atoms with E-state index in [1.807, 2.05) is 24.3 Å². The molecule has 0 aliphatic carbocycles. The first-order valence-electron chi connectivity index (χ1n) is 9.37. The van der Waals surface area contributed by atoms with Crippen molar-refractivity contribution >= 4 is 45.2 Å². The minimum atomic E-state index is -0.255. The number of nitrogens with one attached hydrogen (secondary N) is 1. The zero-order valence-electron chi connectivity index (χ0n) is 15.7. The van der Waals surface area contributed by atoms with Crippen LogP contribution in [0.4, 0.5) is 0 Å². The standard InChI is InChI=1S/C22H22Cl2N2O2/c1-2-3-4-5-12-28-17-9-6-15(7-10-17)13-19(24)21-25-20-14-16(23)8-11-18(20)22(27)26-21/h6-11,13-14H,2-5,12H2,1H3,(H,25,26,27)/b19-13-. The summed E-state index contributed by atoms with van der Waals surface area (Å²) in [6, 6.07) is 12.6. The monoisotopic (exact) mass is 416 g/mol. The highest BCUT2D eigenvalue weighted by Gasteiger charge is 2.07. The summed E-state index contributed by atoms with van der Waals surface area (Å²) in [6.07, 6.45) is 6.46. The van der Waals surface area contributed by atoms with Gasteiger partial charge in [0, 0.05) is 5.02 Å². The van der Waals surface area contributed by atoms with E-state index in [4.69, 9.17) is 27.9 Å².